The third-order valence-electron chi connectivity index (χ3n) is 7.34. The molecular weight excluding hydrogens is 563 g/mol. The molecule has 2 rings (SSSR count). The van der Waals surface area contributed by atoms with E-state index in [0.29, 0.717) is 26.1 Å². The SMILES string of the molecule is CCCCCCCCC=CCCCCCCCCNC(=O)OCC1(COP(=O)(O)OCCN2C=CSC2)CCCO1. The fraction of sp³-hybridized carbons (Fsp3) is 0.833. The van der Waals surface area contributed by atoms with Crippen LogP contribution in [0.15, 0.2) is 23.8 Å². The first-order chi connectivity index (χ1) is 19.9. The standard InChI is InChI=1S/C30H55N2O7PS/c1-2-3-4-5-6-7-8-9-10-11-12-13-14-15-16-17-20-31-29(33)36-26-30(19-18-23-37-30)27-39-40(34,35)38-24-21-32-22-25-41-28-32/h9-10,22,25H,2-8,11-21,23-24,26-28H2,1H3,(H,31,33)(H,34,35). The van der Waals surface area contributed by atoms with E-state index in [2.05, 4.69) is 24.4 Å². The van der Waals surface area contributed by atoms with Crippen molar-refractivity contribution in [2.75, 3.05) is 45.4 Å². The number of unbranched alkanes of at least 4 members (excludes halogenated alkanes) is 12. The number of rotatable bonds is 25. The van der Waals surface area contributed by atoms with Gasteiger partial charge in [0.2, 0.25) is 0 Å². The predicted octanol–water partition coefficient (Wildman–Crippen LogP) is 7.91. The van der Waals surface area contributed by atoms with Gasteiger partial charge in [0.25, 0.3) is 0 Å². The van der Waals surface area contributed by atoms with Crippen molar-refractivity contribution in [1.82, 2.24) is 10.2 Å². The maximum atomic E-state index is 12.3. The van der Waals surface area contributed by atoms with Gasteiger partial charge in [-0.3, -0.25) is 9.05 Å². The molecule has 0 bridgehead atoms. The number of carbonyl (C=O) groups excluding carboxylic acids is 1. The van der Waals surface area contributed by atoms with E-state index in [-0.39, 0.29) is 19.8 Å². The zero-order chi connectivity index (χ0) is 29.5. The summed E-state index contributed by atoms with van der Waals surface area (Å²) in [5, 5.41) is 4.76. The fourth-order valence-corrected chi connectivity index (χ4v) is 6.33. The van der Waals surface area contributed by atoms with Crippen LogP contribution in [0.25, 0.3) is 0 Å². The summed E-state index contributed by atoms with van der Waals surface area (Å²) >= 11 is 1.65. The minimum absolute atomic E-state index is 0.0396. The second-order valence-corrected chi connectivity index (χ2v) is 13.4. The smallest absolute Gasteiger partial charge is 0.446 e. The van der Waals surface area contributed by atoms with Crippen molar-refractivity contribution in [3.8, 4) is 0 Å². The summed E-state index contributed by atoms with van der Waals surface area (Å²) < 4.78 is 33.8. The number of hydrogen-bond donors (Lipinski definition) is 2. The molecule has 0 aromatic rings. The quantitative estimate of drug-likeness (QED) is 0.0600. The summed E-state index contributed by atoms with van der Waals surface area (Å²) in [5.74, 6) is 0.799. The monoisotopic (exact) mass is 618 g/mol. The number of alkyl carbamates (subject to hydrolysis) is 1. The number of hydrogen-bond acceptors (Lipinski definition) is 8. The van der Waals surface area contributed by atoms with Gasteiger partial charge in [0.15, 0.2) is 0 Å². The van der Waals surface area contributed by atoms with Crippen LogP contribution < -0.4 is 5.32 Å². The minimum Gasteiger partial charge on any atom is -0.446 e. The van der Waals surface area contributed by atoms with Crippen LogP contribution in [0, 0.1) is 0 Å². The van der Waals surface area contributed by atoms with Crippen LogP contribution in [0.4, 0.5) is 4.79 Å². The third-order valence-corrected chi connectivity index (χ3v) is 9.10. The Morgan fingerprint density at radius 2 is 1.71 bits per heavy atom. The Kier molecular flexibility index (Phi) is 19.8. The lowest BCUT2D eigenvalue weighted by molar-refractivity contribution is -0.0742. The average molecular weight is 619 g/mol. The molecule has 1 amide bonds. The highest BCUT2D eigenvalue weighted by Crippen LogP contribution is 2.45. The van der Waals surface area contributed by atoms with Gasteiger partial charge in [0.05, 0.1) is 19.1 Å². The molecule has 0 aromatic carbocycles. The number of amides is 1. The molecule has 1 fully saturated rings. The van der Waals surface area contributed by atoms with Gasteiger partial charge in [-0.05, 0) is 50.4 Å². The van der Waals surface area contributed by atoms with Gasteiger partial charge >= 0.3 is 13.9 Å². The lowest BCUT2D eigenvalue weighted by Gasteiger charge is -2.28. The van der Waals surface area contributed by atoms with E-state index in [1.165, 1.54) is 77.0 Å². The first-order valence-electron chi connectivity index (χ1n) is 15.8. The summed E-state index contributed by atoms with van der Waals surface area (Å²) in [4.78, 5) is 24.2. The van der Waals surface area contributed by atoms with Crippen LogP contribution in [-0.4, -0.2) is 66.9 Å². The van der Waals surface area contributed by atoms with Crippen LogP contribution in [-0.2, 0) is 23.1 Å². The molecule has 2 atom stereocenters. The highest BCUT2D eigenvalue weighted by atomic mass is 32.2. The molecule has 0 radical (unpaired) electrons. The molecular formula is C30H55N2O7PS. The van der Waals surface area contributed by atoms with Crippen molar-refractivity contribution in [3.05, 3.63) is 23.8 Å². The van der Waals surface area contributed by atoms with Crippen molar-refractivity contribution in [1.29, 1.82) is 0 Å². The summed E-state index contributed by atoms with van der Waals surface area (Å²) in [5.41, 5.74) is -0.934. The lowest BCUT2D eigenvalue weighted by Crippen LogP contribution is -2.41. The Bertz CT molecular complexity index is 793. The Hall–Kier alpha value is -1.03. The largest absolute Gasteiger partial charge is 0.472 e. The lowest BCUT2D eigenvalue weighted by atomic mass is 10.0. The zero-order valence-electron chi connectivity index (χ0n) is 25.3. The van der Waals surface area contributed by atoms with Gasteiger partial charge in [0, 0.05) is 25.9 Å². The van der Waals surface area contributed by atoms with E-state index < -0.39 is 19.5 Å². The summed E-state index contributed by atoms with van der Waals surface area (Å²) in [6.07, 6.45) is 24.9. The van der Waals surface area contributed by atoms with Crippen LogP contribution in [0.5, 0.6) is 0 Å². The number of phosphoric ester groups is 1. The van der Waals surface area contributed by atoms with Gasteiger partial charge in [-0.15, -0.1) is 11.8 Å². The number of nitrogens with zero attached hydrogens (tertiary/aromatic N) is 1. The van der Waals surface area contributed by atoms with E-state index >= 15 is 0 Å². The number of allylic oxidation sites excluding steroid dienone is 2. The van der Waals surface area contributed by atoms with Crippen LogP contribution in [0.1, 0.15) is 110 Å². The molecule has 2 N–H and O–H groups in total. The average Bonchev–Trinajstić information content (AvgIpc) is 3.66. The van der Waals surface area contributed by atoms with Crippen LogP contribution >= 0.6 is 19.6 Å². The topological polar surface area (TPSA) is 107 Å². The van der Waals surface area contributed by atoms with Crippen molar-refractivity contribution < 1.29 is 32.8 Å². The van der Waals surface area contributed by atoms with Crippen molar-refractivity contribution in [2.24, 2.45) is 0 Å². The molecule has 0 spiro atoms. The predicted molar refractivity (Wildman–Crippen MR) is 167 cm³/mol. The molecule has 2 unspecified atom stereocenters. The molecule has 11 heteroatoms. The molecule has 2 aliphatic heterocycles. The van der Waals surface area contributed by atoms with Gasteiger partial charge in [-0.1, -0.05) is 76.9 Å². The first kappa shape index (κ1) is 36.2. The van der Waals surface area contributed by atoms with E-state index in [0.717, 1.165) is 25.1 Å². The maximum absolute atomic E-state index is 12.3. The summed E-state index contributed by atoms with van der Waals surface area (Å²) in [7, 11) is -4.24. The minimum atomic E-state index is -4.24. The highest BCUT2D eigenvalue weighted by Gasteiger charge is 2.40. The molecule has 0 saturated carbocycles. The number of thioether (sulfide) groups is 1. The number of ether oxygens (including phenoxy) is 2. The van der Waals surface area contributed by atoms with Crippen molar-refractivity contribution in [2.45, 2.75) is 115 Å². The van der Waals surface area contributed by atoms with Gasteiger partial charge in [-0.2, -0.15) is 0 Å². The highest BCUT2D eigenvalue weighted by molar-refractivity contribution is 8.02. The van der Waals surface area contributed by atoms with E-state index in [9.17, 15) is 14.3 Å². The molecule has 0 aromatic heterocycles. The Balaban J connectivity index is 1.44. The molecule has 2 aliphatic rings. The van der Waals surface area contributed by atoms with Crippen molar-refractivity contribution in [3.63, 3.8) is 0 Å². The molecule has 41 heavy (non-hydrogen) atoms. The van der Waals surface area contributed by atoms with Gasteiger partial charge in [-0.25, -0.2) is 9.36 Å². The summed E-state index contributed by atoms with van der Waals surface area (Å²) in [6.45, 7) is 3.66. The van der Waals surface area contributed by atoms with E-state index in [1.54, 1.807) is 11.8 Å². The second-order valence-electron chi connectivity index (χ2n) is 11.0. The normalized spacial score (nSPS) is 20.2. The first-order valence-corrected chi connectivity index (χ1v) is 18.3. The van der Waals surface area contributed by atoms with Gasteiger partial charge in [0.1, 0.15) is 12.2 Å². The van der Waals surface area contributed by atoms with Crippen molar-refractivity contribution >= 4 is 25.7 Å². The Labute approximate surface area is 252 Å². The van der Waals surface area contributed by atoms with E-state index in [1.807, 2.05) is 16.5 Å². The van der Waals surface area contributed by atoms with Gasteiger partial charge < -0.3 is 24.6 Å². The molecule has 0 aliphatic carbocycles. The Morgan fingerprint density at radius 3 is 2.34 bits per heavy atom. The number of nitrogens with one attached hydrogen (secondary N) is 1. The molecule has 9 nitrogen and oxygen atoms in total. The molecule has 1 saturated heterocycles. The number of carbonyl (C=O) groups is 1. The number of phosphoric acid groups is 1. The fourth-order valence-electron chi connectivity index (χ4n) is 4.80. The third kappa shape index (κ3) is 18.3. The summed E-state index contributed by atoms with van der Waals surface area (Å²) in [6, 6.07) is 0. The van der Waals surface area contributed by atoms with E-state index in [4.69, 9.17) is 18.5 Å². The molecule has 238 valence electrons. The van der Waals surface area contributed by atoms with Crippen LogP contribution in [0.3, 0.4) is 0 Å². The Morgan fingerprint density at radius 1 is 1.02 bits per heavy atom. The zero-order valence-corrected chi connectivity index (χ0v) is 27.0. The maximum Gasteiger partial charge on any atom is 0.472 e. The second kappa shape index (κ2) is 22.5. The van der Waals surface area contributed by atoms with Crippen LogP contribution in [0.2, 0.25) is 0 Å². The molecule has 2 heterocycles.